The van der Waals surface area contributed by atoms with E-state index in [1.165, 1.54) is 12.1 Å². The van der Waals surface area contributed by atoms with Crippen LogP contribution in [0.4, 0.5) is 15.8 Å². The van der Waals surface area contributed by atoms with Crippen molar-refractivity contribution >= 4 is 23.2 Å². The summed E-state index contributed by atoms with van der Waals surface area (Å²) >= 11 is 0. The SMILES string of the molecule is CCC(=O)Nc1cccc(NC(=O)c2cccc(F)n2)c1. The van der Waals surface area contributed by atoms with E-state index in [0.717, 1.165) is 6.07 Å². The lowest BCUT2D eigenvalue weighted by molar-refractivity contribution is -0.115. The molecule has 0 spiro atoms. The molecule has 0 saturated heterocycles. The van der Waals surface area contributed by atoms with E-state index >= 15 is 0 Å². The van der Waals surface area contributed by atoms with Crippen molar-refractivity contribution < 1.29 is 14.0 Å². The maximum Gasteiger partial charge on any atom is 0.274 e. The van der Waals surface area contributed by atoms with Gasteiger partial charge < -0.3 is 10.6 Å². The molecule has 6 heteroatoms. The van der Waals surface area contributed by atoms with Crippen LogP contribution in [0.15, 0.2) is 42.5 Å². The molecular formula is C15H14FN3O2. The number of rotatable bonds is 4. The predicted molar refractivity (Wildman–Crippen MR) is 77.5 cm³/mol. The van der Waals surface area contributed by atoms with Gasteiger partial charge in [0.2, 0.25) is 11.9 Å². The molecule has 5 nitrogen and oxygen atoms in total. The fourth-order valence-corrected chi connectivity index (χ4v) is 1.65. The number of carbonyl (C=O) groups excluding carboxylic acids is 2. The number of aromatic nitrogens is 1. The molecule has 0 aliphatic rings. The van der Waals surface area contributed by atoms with Crippen molar-refractivity contribution in [1.82, 2.24) is 4.98 Å². The number of hydrogen-bond donors (Lipinski definition) is 2. The molecule has 2 N–H and O–H groups in total. The predicted octanol–water partition coefficient (Wildman–Crippen LogP) is 2.82. The fraction of sp³-hybridized carbons (Fsp3) is 0.133. The molecule has 0 unspecified atom stereocenters. The van der Waals surface area contributed by atoms with Gasteiger partial charge in [0.25, 0.3) is 5.91 Å². The Morgan fingerprint density at radius 1 is 1.10 bits per heavy atom. The summed E-state index contributed by atoms with van der Waals surface area (Å²) in [6, 6.07) is 10.7. The van der Waals surface area contributed by atoms with Crippen molar-refractivity contribution in [2.75, 3.05) is 10.6 Å². The quantitative estimate of drug-likeness (QED) is 0.849. The number of nitrogens with zero attached hydrogens (tertiary/aromatic N) is 1. The van der Waals surface area contributed by atoms with Gasteiger partial charge in [-0.2, -0.15) is 4.39 Å². The first kappa shape index (κ1) is 14.6. The molecular weight excluding hydrogens is 273 g/mol. The van der Waals surface area contributed by atoms with Gasteiger partial charge in [0, 0.05) is 17.8 Å². The lowest BCUT2D eigenvalue weighted by Gasteiger charge is -2.08. The summed E-state index contributed by atoms with van der Waals surface area (Å²) in [5.74, 6) is -1.36. The van der Waals surface area contributed by atoms with E-state index in [1.807, 2.05) is 0 Å². The first-order valence-corrected chi connectivity index (χ1v) is 6.42. The van der Waals surface area contributed by atoms with E-state index in [9.17, 15) is 14.0 Å². The number of halogens is 1. The zero-order valence-corrected chi connectivity index (χ0v) is 11.4. The van der Waals surface area contributed by atoms with Crippen LogP contribution in [0.1, 0.15) is 23.8 Å². The van der Waals surface area contributed by atoms with Crippen molar-refractivity contribution in [3.05, 3.63) is 54.1 Å². The van der Waals surface area contributed by atoms with Crippen molar-refractivity contribution in [2.45, 2.75) is 13.3 Å². The second kappa shape index (κ2) is 6.60. The summed E-state index contributed by atoms with van der Waals surface area (Å²) < 4.78 is 13.0. The zero-order valence-electron chi connectivity index (χ0n) is 11.4. The third kappa shape index (κ3) is 4.10. The van der Waals surface area contributed by atoms with Crippen molar-refractivity contribution in [2.24, 2.45) is 0 Å². The van der Waals surface area contributed by atoms with Crippen LogP contribution in [0.2, 0.25) is 0 Å². The number of benzene rings is 1. The van der Waals surface area contributed by atoms with E-state index in [-0.39, 0.29) is 11.6 Å². The molecule has 1 aromatic heterocycles. The molecule has 0 bridgehead atoms. The van der Waals surface area contributed by atoms with Gasteiger partial charge in [0.15, 0.2) is 0 Å². The molecule has 0 aliphatic carbocycles. The monoisotopic (exact) mass is 287 g/mol. The number of nitrogens with one attached hydrogen (secondary N) is 2. The summed E-state index contributed by atoms with van der Waals surface area (Å²) in [7, 11) is 0. The molecule has 108 valence electrons. The molecule has 1 heterocycles. The van der Waals surface area contributed by atoms with Gasteiger partial charge in [-0.3, -0.25) is 9.59 Å². The Morgan fingerprint density at radius 2 is 1.76 bits per heavy atom. The van der Waals surface area contributed by atoms with Crippen molar-refractivity contribution in [3.8, 4) is 0 Å². The third-order valence-corrected chi connectivity index (χ3v) is 2.67. The molecule has 2 amide bonds. The van der Waals surface area contributed by atoms with Crippen LogP contribution in [-0.2, 0) is 4.79 Å². The van der Waals surface area contributed by atoms with Gasteiger partial charge in [-0.25, -0.2) is 4.98 Å². The highest BCUT2D eigenvalue weighted by Crippen LogP contribution is 2.16. The molecule has 0 fully saturated rings. The maximum atomic E-state index is 13.0. The van der Waals surface area contributed by atoms with Gasteiger partial charge in [-0.15, -0.1) is 0 Å². The number of pyridine rings is 1. The van der Waals surface area contributed by atoms with Crippen LogP contribution in [0, 0.1) is 5.95 Å². The van der Waals surface area contributed by atoms with Crippen LogP contribution < -0.4 is 10.6 Å². The summed E-state index contributed by atoms with van der Waals surface area (Å²) in [5, 5.41) is 5.29. The lowest BCUT2D eigenvalue weighted by Crippen LogP contribution is -2.15. The molecule has 2 rings (SSSR count). The number of carbonyl (C=O) groups is 2. The van der Waals surface area contributed by atoms with Gasteiger partial charge in [0.05, 0.1) is 0 Å². The van der Waals surface area contributed by atoms with Crippen LogP contribution in [0.25, 0.3) is 0 Å². The molecule has 0 aliphatic heterocycles. The highest BCUT2D eigenvalue weighted by atomic mass is 19.1. The van der Waals surface area contributed by atoms with Gasteiger partial charge >= 0.3 is 0 Å². The second-order valence-corrected chi connectivity index (χ2v) is 4.28. The Morgan fingerprint density at radius 3 is 2.43 bits per heavy atom. The van der Waals surface area contributed by atoms with Crippen LogP contribution in [-0.4, -0.2) is 16.8 Å². The van der Waals surface area contributed by atoms with E-state index in [2.05, 4.69) is 15.6 Å². The number of hydrogen-bond acceptors (Lipinski definition) is 3. The van der Waals surface area contributed by atoms with E-state index in [0.29, 0.717) is 17.8 Å². The summed E-state index contributed by atoms with van der Waals surface area (Å²) in [4.78, 5) is 26.8. The largest absolute Gasteiger partial charge is 0.326 e. The van der Waals surface area contributed by atoms with Gasteiger partial charge in [-0.1, -0.05) is 19.1 Å². The van der Waals surface area contributed by atoms with E-state index < -0.39 is 11.9 Å². The van der Waals surface area contributed by atoms with Gasteiger partial charge in [-0.05, 0) is 30.3 Å². The Balaban J connectivity index is 2.11. The lowest BCUT2D eigenvalue weighted by atomic mass is 10.2. The number of amides is 2. The van der Waals surface area contributed by atoms with E-state index in [1.54, 1.807) is 31.2 Å². The summed E-state index contributed by atoms with van der Waals surface area (Å²) in [6.07, 6.45) is 0.365. The molecule has 0 radical (unpaired) electrons. The highest BCUT2D eigenvalue weighted by Gasteiger charge is 2.09. The minimum atomic E-state index is -0.716. The maximum absolute atomic E-state index is 13.0. The normalized spacial score (nSPS) is 10.0. The first-order valence-electron chi connectivity index (χ1n) is 6.42. The van der Waals surface area contributed by atoms with E-state index in [4.69, 9.17) is 0 Å². The Hall–Kier alpha value is -2.76. The molecule has 21 heavy (non-hydrogen) atoms. The molecule has 0 saturated carbocycles. The van der Waals surface area contributed by atoms with Crippen LogP contribution >= 0.6 is 0 Å². The number of anilines is 2. The minimum Gasteiger partial charge on any atom is -0.326 e. The van der Waals surface area contributed by atoms with Crippen molar-refractivity contribution in [3.63, 3.8) is 0 Å². The standard InChI is InChI=1S/C15H14FN3O2/c1-2-14(20)17-10-5-3-6-11(9-10)18-15(21)12-7-4-8-13(16)19-12/h3-9H,2H2,1H3,(H,17,20)(H,18,21). The fourth-order valence-electron chi connectivity index (χ4n) is 1.65. The Bertz CT molecular complexity index is 673. The average molecular weight is 287 g/mol. The first-order chi connectivity index (χ1) is 10.1. The molecule has 2 aromatic rings. The topological polar surface area (TPSA) is 71.1 Å². The van der Waals surface area contributed by atoms with Crippen molar-refractivity contribution in [1.29, 1.82) is 0 Å². The summed E-state index contributed by atoms with van der Waals surface area (Å²) in [5.41, 5.74) is 1.05. The minimum absolute atomic E-state index is 0.0157. The Kier molecular flexibility index (Phi) is 4.61. The van der Waals surface area contributed by atoms with Crippen LogP contribution in [0.3, 0.4) is 0 Å². The zero-order chi connectivity index (χ0) is 15.2. The van der Waals surface area contributed by atoms with Gasteiger partial charge in [0.1, 0.15) is 5.69 Å². The second-order valence-electron chi connectivity index (χ2n) is 4.28. The Labute approximate surface area is 121 Å². The molecule has 1 aromatic carbocycles. The smallest absolute Gasteiger partial charge is 0.274 e. The highest BCUT2D eigenvalue weighted by molar-refractivity contribution is 6.03. The van der Waals surface area contributed by atoms with Crippen LogP contribution in [0.5, 0.6) is 0 Å². The summed E-state index contributed by atoms with van der Waals surface area (Å²) in [6.45, 7) is 1.75. The average Bonchev–Trinajstić information content (AvgIpc) is 2.47. The third-order valence-electron chi connectivity index (χ3n) is 2.67. The molecule has 0 atom stereocenters.